The van der Waals surface area contributed by atoms with Gasteiger partial charge in [0.25, 0.3) is 11.7 Å². The monoisotopic (exact) mass is 290 g/mol. The number of ketones is 1. The molecule has 21 heavy (non-hydrogen) atoms. The normalized spacial score (nSPS) is 11.4. The summed E-state index contributed by atoms with van der Waals surface area (Å²) in [5.41, 5.74) is 0.842. The molecule has 0 saturated carbocycles. The van der Waals surface area contributed by atoms with Crippen LogP contribution in [0.25, 0.3) is 10.9 Å². The Balaban J connectivity index is 2.42. The molecule has 0 saturated heterocycles. The van der Waals surface area contributed by atoms with Crippen molar-refractivity contribution < 1.29 is 14.0 Å². The zero-order valence-electron chi connectivity index (χ0n) is 12.6. The van der Waals surface area contributed by atoms with Gasteiger partial charge in [-0.25, -0.2) is 4.39 Å². The third-order valence-corrected chi connectivity index (χ3v) is 3.43. The number of benzene rings is 1. The Bertz CT molecular complexity index is 681. The van der Waals surface area contributed by atoms with Gasteiger partial charge in [-0.1, -0.05) is 0 Å². The van der Waals surface area contributed by atoms with Crippen LogP contribution >= 0.6 is 0 Å². The first-order valence-corrected chi connectivity index (χ1v) is 6.96. The molecule has 0 aliphatic rings. The summed E-state index contributed by atoms with van der Waals surface area (Å²) in [7, 11) is 0. The minimum atomic E-state index is -0.616. The molecule has 0 unspecified atom stereocenters. The average Bonchev–Trinajstić information content (AvgIpc) is 2.79. The molecule has 0 radical (unpaired) electrons. The Hall–Kier alpha value is -2.17. The van der Waals surface area contributed by atoms with Crippen molar-refractivity contribution in [1.29, 1.82) is 0 Å². The molecule has 4 nitrogen and oxygen atoms in total. The molecule has 2 aromatic rings. The van der Waals surface area contributed by atoms with E-state index in [1.807, 2.05) is 27.7 Å². The van der Waals surface area contributed by atoms with Crippen molar-refractivity contribution in [2.24, 2.45) is 0 Å². The van der Waals surface area contributed by atoms with E-state index in [-0.39, 0.29) is 17.6 Å². The van der Waals surface area contributed by atoms with Crippen LogP contribution in [0.15, 0.2) is 24.4 Å². The van der Waals surface area contributed by atoms with E-state index in [2.05, 4.69) is 4.98 Å². The Morgan fingerprint density at radius 2 is 1.76 bits per heavy atom. The van der Waals surface area contributed by atoms with Crippen LogP contribution in [0.5, 0.6) is 0 Å². The number of aromatic amines is 1. The first-order valence-electron chi connectivity index (χ1n) is 6.96. The van der Waals surface area contributed by atoms with Crippen LogP contribution in [0.3, 0.4) is 0 Å². The summed E-state index contributed by atoms with van der Waals surface area (Å²) in [6, 6.07) is 3.96. The van der Waals surface area contributed by atoms with Gasteiger partial charge in [-0.3, -0.25) is 9.59 Å². The van der Waals surface area contributed by atoms with Crippen molar-refractivity contribution in [2.75, 3.05) is 0 Å². The van der Waals surface area contributed by atoms with Crippen molar-refractivity contribution in [2.45, 2.75) is 39.8 Å². The maximum Gasteiger partial charge on any atom is 0.295 e. The summed E-state index contributed by atoms with van der Waals surface area (Å²) in [5.74, 6) is -1.62. The predicted molar refractivity (Wildman–Crippen MR) is 79.7 cm³/mol. The van der Waals surface area contributed by atoms with Gasteiger partial charge in [0.2, 0.25) is 0 Å². The molecular weight excluding hydrogens is 271 g/mol. The van der Waals surface area contributed by atoms with Crippen LogP contribution in [0.1, 0.15) is 38.1 Å². The molecule has 0 fully saturated rings. The number of nitrogens with zero attached hydrogens (tertiary/aromatic N) is 1. The van der Waals surface area contributed by atoms with E-state index in [1.165, 1.54) is 23.2 Å². The molecule has 5 heteroatoms. The number of hydrogen-bond acceptors (Lipinski definition) is 2. The largest absolute Gasteiger partial charge is 0.360 e. The summed E-state index contributed by atoms with van der Waals surface area (Å²) < 4.78 is 13.4. The fourth-order valence-corrected chi connectivity index (χ4v) is 2.58. The minimum absolute atomic E-state index is 0.0802. The SMILES string of the molecule is CC(C)N(C(=O)C(=O)c1c[nH]c2ccc(F)cc12)C(C)C. The van der Waals surface area contributed by atoms with Gasteiger partial charge in [0.1, 0.15) is 5.82 Å². The van der Waals surface area contributed by atoms with Crippen LogP contribution < -0.4 is 0 Å². The molecule has 0 spiro atoms. The summed E-state index contributed by atoms with van der Waals surface area (Å²) in [5, 5.41) is 0.431. The molecule has 1 aromatic carbocycles. The van der Waals surface area contributed by atoms with Crippen LogP contribution in [-0.4, -0.2) is 33.7 Å². The molecule has 112 valence electrons. The second-order valence-corrected chi connectivity index (χ2v) is 5.62. The fourth-order valence-electron chi connectivity index (χ4n) is 2.58. The number of aromatic nitrogens is 1. The number of rotatable bonds is 4. The third kappa shape index (κ3) is 2.82. The average molecular weight is 290 g/mol. The van der Waals surface area contributed by atoms with E-state index in [0.29, 0.717) is 10.9 Å². The number of carbonyl (C=O) groups excluding carboxylic acids is 2. The van der Waals surface area contributed by atoms with E-state index in [4.69, 9.17) is 0 Å². The van der Waals surface area contributed by atoms with Crippen LogP contribution in [0, 0.1) is 5.82 Å². The summed E-state index contributed by atoms with van der Waals surface area (Å²) >= 11 is 0. The lowest BCUT2D eigenvalue weighted by Gasteiger charge is -2.29. The van der Waals surface area contributed by atoms with Gasteiger partial charge in [0.15, 0.2) is 0 Å². The Morgan fingerprint density at radius 1 is 1.14 bits per heavy atom. The molecule has 1 aromatic heterocycles. The predicted octanol–water partition coefficient (Wildman–Crippen LogP) is 3.14. The minimum Gasteiger partial charge on any atom is -0.360 e. The highest BCUT2D eigenvalue weighted by atomic mass is 19.1. The lowest BCUT2D eigenvalue weighted by atomic mass is 10.1. The molecule has 2 rings (SSSR count). The Kier molecular flexibility index (Phi) is 4.11. The molecule has 0 atom stereocenters. The van der Waals surface area contributed by atoms with Crippen molar-refractivity contribution in [1.82, 2.24) is 9.88 Å². The van der Waals surface area contributed by atoms with Crippen molar-refractivity contribution in [3.8, 4) is 0 Å². The molecular formula is C16H19FN2O2. The number of carbonyl (C=O) groups is 2. The number of Topliss-reactive ketones (excluding diaryl/α,β-unsaturated/α-hetero) is 1. The lowest BCUT2D eigenvalue weighted by Crippen LogP contribution is -2.45. The van der Waals surface area contributed by atoms with Gasteiger partial charge < -0.3 is 9.88 Å². The summed E-state index contributed by atoms with van der Waals surface area (Å²) in [4.78, 5) is 29.3. The highest BCUT2D eigenvalue weighted by molar-refractivity contribution is 6.45. The second kappa shape index (κ2) is 5.68. The first kappa shape index (κ1) is 15.2. The van der Waals surface area contributed by atoms with Crippen LogP contribution in [-0.2, 0) is 4.79 Å². The maximum absolute atomic E-state index is 13.4. The number of fused-ring (bicyclic) bond motifs is 1. The molecule has 0 bridgehead atoms. The molecule has 1 N–H and O–H groups in total. The van der Waals surface area contributed by atoms with Crippen LogP contribution in [0.4, 0.5) is 4.39 Å². The zero-order valence-corrected chi connectivity index (χ0v) is 12.6. The number of amides is 1. The number of nitrogens with one attached hydrogen (secondary N) is 1. The quantitative estimate of drug-likeness (QED) is 0.694. The number of halogens is 1. The third-order valence-electron chi connectivity index (χ3n) is 3.43. The fraction of sp³-hybridized carbons (Fsp3) is 0.375. The lowest BCUT2D eigenvalue weighted by molar-refractivity contribution is -0.129. The summed E-state index contributed by atoms with van der Waals surface area (Å²) in [6.07, 6.45) is 1.46. The van der Waals surface area contributed by atoms with Gasteiger partial charge in [0, 0.05) is 29.2 Å². The topological polar surface area (TPSA) is 53.2 Å². The smallest absolute Gasteiger partial charge is 0.295 e. The van der Waals surface area contributed by atoms with Gasteiger partial charge >= 0.3 is 0 Å². The molecule has 1 heterocycles. The standard InChI is InChI=1S/C16H19FN2O2/c1-9(2)19(10(3)4)16(21)15(20)13-8-18-14-6-5-11(17)7-12(13)14/h5-10,18H,1-4H3. The van der Waals surface area contributed by atoms with Gasteiger partial charge in [-0.05, 0) is 45.9 Å². The van der Waals surface area contributed by atoms with E-state index >= 15 is 0 Å². The van der Waals surface area contributed by atoms with E-state index in [9.17, 15) is 14.0 Å². The molecule has 1 amide bonds. The van der Waals surface area contributed by atoms with Crippen molar-refractivity contribution in [3.63, 3.8) is 0 Å². The van der Waals surface area contributed by atoms with Gasteiger partial charge in [0.05, 0.1) is 5.56 Å². The van der Waals surface area contributed by atoms with Gasteiger partial charge in [-0.2, -0.15) is 0 Å². The first-order chi connectivity index (χ1) is 9.82. The zero-order chi connectivity index (χ0) is 15.7. The molecule has 0 aliphatic heterocycles. The Morgan fingerprint density at radius 3 is 2.33 bits per heavy atom. The summed E-state index contributed by atoms with van der Waals surface area (Å²) in [6.45, 7) is 7.44. The second-order valence-electron chi connectivity index (χ2n) is 5.62. The van der Waals surface area contributed by atoms with E-state index < -0.39 is 17.5 Å². The Labute approximate surface area is 122 Å². The maximum atomic E-state index is 13.4. The molecule has 0 aliphatic carbocycles. The highest BCUT2D eigenvalue weighted by Gasteiger charge is 2.28. The number of H-pyrrole nitrogens is 1. The van der Waals surface area contributed by atoms with Crippen LogP contribution in [0.2, 0.25) is 0 Å². The van der Waals surface area contributed by atoms with Crippen molar-refractivity contribution in [3.05, 3.63) is 35.8 Å². The highest BCUT2D eigenvalue weighted by Crippen LogP contribution is 2.21. The van der Waals surface area contributed by atoms with E-state index in [0.717, 1.165) is 0 Å². The van der Waals surface area contributed by atoms with E-state index in [1.54, 1.807) is 6.07 Å². The van der Waals surface area contributed by atoms with Gasteiger partial charge in [-0.15, -0.1) is 0 Å². The van der Waals surface area contributed by atoms with Crippen molar-refractivity contribution >= 4 is 22.6 Å². The number of hydrogen-bond donors (Lipinski definition) is 1.